The van der Waals surface area contributed by atoms with Crippen LogP contribution < -0.4 is 10.1 Å². The number of rotatable bonds is 9. The van der Waals surface area contributed by atoms with E-state index in [2.05, 4.69) is 31.1 Å². The van der Waals surface area contributed by atoms with Crippen LogP contribution in [0.2, 0.25) is 0 Å². The molecule has 0 aliphatic heterocycles. The van der Waals surface area contributed by atoms with Crippen molar-refractivity contribution in [3.63, 3.8) is 0 Å². The normalized spacial score (nSPS) is 10.9. The maximum absolute atomic E-state index is 5.54. The van der Waals surface area contributed by atoms with Gasteiger partial charge in [-0.1, -0.05) is 20.8 Å². The zero-order valence-electron chi connectivity index (χ0n) is 11.6. The summed E-state index contributed by atoms with van der Waals surface area (Å²) in [5.41, 5.74) is 1.18. The maximum Gasteiger partial charge on any atom is 0.213 e. The van der Waals surface area contributed by atoms with Crippen LogP contribution in [0.25, 0.3) is 0 Å². The van der Waals surface area contributed by atoms with Crippen LogP contribution >= 0.6 is 0 Å². The van der Waals surface area contributed by atoms with Crippen molar-refractivity contribution in [3.05, 3.63) is 23.9 Å². The van der Waals surface area contributed by atoms with E-state index in [9.17, 15) is 0 Å². The van der Waals surface area contributed by atoms with Crippen molar-refractivity contribution >= 4 is 0 Å². The third-order valence-corrected chi connectivity index (χ3v) is 2.34. The first kappa shape index (κ1) is 14.9. The standard InChI is InChI=1S/C14H24N2O2/c1-4-7-17-8-9-18-14-10-13(5-6-15-14)11-16-12(2)3/h5-6,10,12,16H,4,7-9,11H2,1-3H3. The molecule has 0 unspecified atom stereocenters. The SMILES string of the molecule is CCCOCCOc1cc(CNC(C)C)ccn1. The molecule has 0 aromatic carbocycles. The van der Waals surface area contributed by atoms with Gasteiger partial charge in [0.15, 0.2) is 0 Å². The number of nitrogens with one attached hydrogen (secondary N) is 1. The average Bonchev–Trinajstić information content (AvgIpc) is 2.37. The lowest BCUT2D eigenvalue weighted by Gasteiger charge is -2.10. The van der Waals surface area contributed by atoms with Crippen LogP contribution in [0.4, 0.5) is 0 Å². The minimum Gasteiger partial charge on any atom is -0.475 e. The van der Waals surface area contributed by atoms with E-state index in [0.717, 1.165) is 19.6 Å². The lowest BCUT2D eigenvalue weighted by atomic mass is 10.2. The van der Waals surface area contributed by atoms with Crippen molar-refractivity contribution in [3.8, 4) is 5.88 Å². The Hall–Kier alpha value is -1.13. The van der Waals surface area contributed by atoms with E-state index >= 15 is 0 Å². The zero-order chi connectivity index (χ0) is 13.2. The molecule has 0 aliphatic carbocycles. The summed E-state index contributed by atoms with van der Waals surface area (Å²) in [6.07, 6.45) is 2.81. The summed E-state index contributed by atoms with van der Waals surface area (Å²) in [5, 5.41) is 3.36. The van der Waals surface area contributed by atoms with Crippen LogP contribution in [-0.2, 0) is 11.3 Å². The van der Waals surface area contributed by atoms with Crippen LogP contribution in [-0.4, -0.2) is 30.8 Å². The first-order valence-corrected chi connectivity index (χ1v) is 6.61. The summed E-state index contributed by atoms with van der Waals surface area (Å²) < 4.78 is 10.9. The molecule has 0 saturated carbocycles. The maximum atomic E-state index is 5.54. The second-order valence-electron chi connectivity index (χ2n) is 4.50. The Morgan fingerprint density at radius 3 is 2.83 bits per heavy atom. The first-order chi connectivity index (χ1) is 8.72. The largest absolute Gasteiger partial charge is 0.475 e. The molecule has 18 heavy (non-hydrogen) atoms. The molecule has 0 radical (unpaired) electrons. The topological polar surface area (TPSA) is 43.4 Å². The predicted octanol–water partition coefficient (Wildman–Crippen LogP) is 2.39. The first-order valence-electron chi connectivity index (χ1n) is 6.61. The lowest BCUT2D eigenvalue weighted by molar-refractivity contribution is 0.0990. The molecule has 1 aromatic rings. The molecule has 1 aromatic heterocycles. The fraction of sp³-hybridized carbons (Fsp3) is 0.643. The Morgan fingerprint density at radius 2 is 2.11 bits per heavy atom. The second-order valence-corrected chi connectivity index (χ2v) is 4.50. The van der Waals surface area contributed by atoms with E-state index in [-0.39, 0.29) is 0 Å². The fourth-order valence-electron chi connectivity index (χ4n) is 1.41. The van der Waals surface area contributed by atoms with E-state index < -0.39 is 0 Å². The summed E-state index contributed by atoms with van der Waals surface area (Å²) in [5.74, 6) is 0.665. The van der Waals surface area contributed by atoms with Crippen LogP contribution in [0.15, 0.2) is 18.3 Å². The van der Waals surface area contributed by atoms with Gasteiger partial charge >= 0.3 is 0 Å². The van der Waals surface area contributed by atoms with Gasteiger partial charge in [0.25, 0.3) is 0 Å². The number of nitrogens with zero attached hydrogens (tertiary/aromatic N) is 1. The van der Waals surface area contributed by atoms with Gasteiger partial charge in [-0.05, 0) is 18.1 Å². The van der Waals surface area contributed by atoms with Gasteiger partial charge in [-0.25, -0.2) is 4.98 Å². The van der Waals surface area contributed by atoms with Gasteiger partial charge in [-0.15, -0.1) is 0 Å². The van der Waals surface area contributed by atoms with E-state index in [0.29, 0.717) is 25.1 Å². The molecule has 0 atom stereocenters. The number of aromatic nitrogens is 1. The number of hydrogen-bond donors (Lipinski definition) is 1. The van der Waals surface area contributed by atoms with E-state index in [4.69, 9.17) is 9.47 Å². The van der Waals surface area contributed by atoms with Crippen LogP contribution in [0.3, 0.4) is 0 Å². The highest BCUT2D eigenvalue weighted by Gasteiger charge is 1.99. The molecule has 4 nitrogen and oxygen atoms in total. The van der Waals surface area contributed by atoms with E-state index in [1.54, 1.807) is 6.20 Å². The summed E-state index contributed by atoms with van der Waals surface area (Å²) >= 11 is 0. The smallest absolute Gasteiger partial charge is 0.213 e. The van der Waals surface area contributed by atoms with E-state index in [1.807, 2.05) is 12.1 Å². The van der Waals surface area contributed by atoms with Gasteiger partial charge in [0.1, 0.15) is 6.61 Å². The van der Waals surface area contributed by atoms with Crippen molar-refractivity contribution in [2.24, 2.45) is 0 Å². The van der Waals surface area contributed by atoms with Gasteiger partial charge in [-0.2, -0.15) is 0 Å². The molecule has 0 aliphatic rings. The third-order valence-electron chi connectivity index (χ3n) is 2.34. The molecular weight excluding hydrogens is 228 g/mol. The molecule has 0 spiro atoms. The van der Waals surface area contributed by atoms with Crippen molar-refractivity contribution in [1.82, 2.24) is 10.3 Å². The highest BCUT2D eigenvalue weighted by atomic mass is 16.5. The highest BCUT2D eigenvalue weighted by Crippen LogP contribution is 2.09. The molecule has 4 heteroatoms. The molecule has 0 amide bonds. The zero-order valence-corrected chi connectivity index (χ0v) is 11.6. The van der Waals surface area contributed by atoms with Gasteiger partial charge in [0.05, 0.1) is 6.61 Å². The number of pyridine rings is 1. The minimum absolute atomic E-state index is 0.477. The van der Waals surface area contributed by atoms with Gasteiger partial charge in [0, 0.05) is 31.5 Å². The Kier molecular flexibility index (Phi) is 7.37. The molecule has 1 N–H and O–H groups in total. The Morgan fingerprint density at radius 1 is 1.28 bits per heavy atom. The predicted molar refractivity (Wildman–Crippen MR) is 72.8 cm³/mol. The monoisotopic (exact) mass is 252 g/mol. The van der Waals surface area contributed by atoms with Crippen LogP contribution in [0, 0.1) is 0 Å². The highest BCUT2D eigenvalue weighted by molar-refractivity contribution is 5.20. The van der Waals surface area contributed by atoms with Gasteiger partial charge in [0.2, 0.25) is 5.88 Å². The Labute approximate surface area is 110 Å². The summed E-state index contributed by atoms with van der Waals surface area (Å²) in [4.78, 5) is 4.18. The number of ether oxygens (including phenoxy) is 2. The van der Waals surface area contributed by atoms with Crippen molar-refractivity contribution < 1.29 is 9.47 Å². The van der Waals surface area contributed by atoms with Crippen LogP contribution in [0.5, 0.6) is 5.88 Å². The van der Waals surface area contributed by atoms with Crippen molar-refractivity contribution in [2.45, 2.75) is 39.8 Å². The van der Waals surface area contributed by atoms with Crippen molar-refractivity contribution in [2.75, 3.05) is 19.8 Å². The van der Waals surface area contributed by atoms with Gasteiger partial charge in [-0.3, -0.25) is 0 Å². The molecule has 0 saturated heterocycles. The number of hydrogen-bond acceptors (Lipinski definition) is 4. The molecule has 1 rings (SSSR count). The fourth-order valence-corrected chi connectivity index (χ4v) is 1.41. The summed E-state index contributed by atoms with van der Waals surface area (Å²) in [7, 11) is 0. The second kappa shape index (κ2) is 8.89. The van der Waals surface area contributed by atoms with Crippen LogP contribution in [0.1, 0.15) is 32.8 Å². The molecule has 102 valence electrons. The van der Waals surface area contributed by atoms with E-state index in [1.165, 1.54) is 5.56 Å². The average molecular weight is 252 g/mol. The Balaban J connectivity index is 2.30. The third kappa shape index (κ3) is 6.57. The van der Waals surface area contributed by atoms with Crippen molar-refractivity contribution in [1.29, 1.82) is 0 Å². The molecule has 0 bridgehead atoms. The minimum atomic E-state index is 0.477. The molecule has 0 fully saturated rings. The molecule has 1 heterocycles. The molecular formula is C14H24N2O2. The summed E-state index contributed by atoms with van der Waals surface area (Å²) in [6.45, 7) is 9.14. The van der Waals surface area contributed by atoms with Gasteiger partial charge < -0.3 is 14.8 Å². The quantitative estimate of drug-likeness (QED) is 0.685. The lowest BCUT2D eigenvalue weighted by Crippen LogP contribution is -2.21. The summed E-state index contributed by atoms with van der Waals surface area (Å²) in [6, 6.07) is 4.44. The Bertz CT molecular complexity index is 329.